The standard InChI is InChI=1S/C26H21N3O4S/c30-23-16-5-2-10-27-24(16)29-22(21(23)25(31)28-15-6-7-15)14-4-1-3-13(11-14)19-8-9-20(34-19)17-12-18(17)26(32)33/h1-5,8-11,15,17-18H,6-7,12H2,(H,28,31)(H,32,33)(H,27,29,30)/t17-,18-/m1/s1. The molecule has 2 fully saturated rings. The Morgan fingerprint density at radius 1 is 1.09 bits per heavy atom. The molecule has 0 saturated heterocycles. The summed E-state index contributed by atoms with van der Waals surface area (Å²) < 4.78 is 0. The zero-order chi connectivity index (χ0) is 23.4. The van der Waals surface area contributed by atoms with E-state index in [1.54, 1.807) is 29.7 Å². The second kappa shape index (κ2) is 7.92. The van der Waals surface area contributed by atoms with E-state index in [0.717, 1.165) is 28.2 Å². The van der Waals surface area contributed by atoms with E-state index in [9.17, 15) is 19.5 Å². The number of carbonyl (C=O) groups is 2. The number of aromatic nitrogens is 2. The van der Waals surface area contributed by atoms with Crippen molar-refractivity contribution in [3.63, 3.8) is 0 Å². The number of fused-ring (bicyclic) bond motifs is 1. The third-order valence-corrected chi connectivity index (χ3v) is 7.71. The largest absolute Gasteiger partial charge is 0.481 e. The highest BCUT2D eigenvalue weighted by Gasteiger charge is 2.45. The van der Waals surface area contributed by atoms with Crippen LogP contribution >= 0.6 is 11.3 Å². The van der Waals surface area contributed by atoms with Crippen molar-refractivity contribution in [3.05, 3.63) is 75.4 Å². The second-order valence-electron chi connectivity index (χ2n) is 8.92. The number of carboxylic acids is 1. The molecule has 3 N–H and O–H groups in total. The summed E-state index contributed by atoms with van der Waals surface area (Å²) in [6, 6.07) is 15.2. The van der Waals surface area contributed by atoms with E-state index in [1.807, 2.05) is 36.4 Å². The lowest BCUT2D eigenvalue weighted by Crippen LogP contribution is -2.31. The molecule has 0 radical (unpaired) electrons. The Morgan fingerprint density at radius 3 is 2.68 bits per heavy atom. The number of thiophene rings is 1. The molecule has 3 aromatic heterocycles. The molecular formula is C26H21N3O4S. The molecule has 0 bridgehead atoms. The number of hydrogen-bond acceptors (Lipinski definition) is 5. The predicted octanol–water partition coefficient (Wildman–Crippen LogP) is 4.40. The first-order chi connectivity index (χ1) is 16.5. The molecule has 1 aromatic carbocycles. The molecule has 1 amide bonds. The van der Waals surface area contributed by atoms with E-state index >= 15 is 0 Å². The number of hydrogen-bond donors (Lipinski definition) is 3. The topological polar surface area (TPSA) is 112 Å². The molecule has 2 aliphatic carbocycles. The van der Waals surface area contributed by atoms with Crippen LogP contribution in [0.2, 0.25) is 0 Å². The highest BCUT2D eigenvalue weighted by atomic mass is 32.1. The van der Waals surface area contributed by atoms with Crippen molar-refractivity contribution < 1.29 is 14.7 Å². The van der Waals surface area contributed by atoms with Gasteiger partial charge in [0.1, 0.15) is 11.2 Å². The van der Waals surface area contributed by atoms with Crippen LogP contribution in [-0.2, 0) is 4.79 Å². The summed E-state index contributed by atoms with van der Waals surface area (Å²) in [5, 5.41) is 12.6. The van der Waals surface area contributed by atoms with Crippen LogP contribution < -0.4 is 10.7 Å². The maximum absolute atomic E-state index is 13.3. The lowest BCUT2D eigenvalue weighted by atomic mass is 10.0. The fourth-order valence-electron chi connectivity index (χ4n) is 4.35. The van der Waals surface area contributed by atoms with Crippen LogP contribution in [0.15, 0.2) is 59.5 Å². The summed E-state index contributed by atoms with van der Waals surface area (Å²) in [6.45, 7) is 0. The SMILES string of the molecule is O=C(NC1CC1)c1c(-c2cccc(-c3ccc([C@@H]4C[C@H]4C(=O)O)s3)c2)[nH]c2ncccc2c1=O. The lowest BCUT2D eigenvalue weighted by Gasteiger charge is -2.12. The number of carbonyl (C=O) groups excluding carboxylic acids is 1. The Bertz CT molecular complexity index is 1520. The minimum atomic E-state index is -0.743. The van der Waals surface area contributed by atoms with Gasteiger partial charge in [-0.15, -0.1) is 11.3 Å². The average molecular weight is 472 g/mol. The van der Waals surface area contributed by atoms with Crippen LogP contribution in [0.1, 0.15) is 40.4 Å². The summed E-state index contributed by atoms with van der Waals surface area (Å²) in [5.41, 5.74) is 2.29. The van der Waals surface area contributed by atoms with E-state index in [0.29, 0.717) is 28.7 Å². The Labute approximate surface area is 198 Å². The molecule has 3 heterocycles. The van der Waals surface area contributed by atoms with Gasteiger partial charge in [0.15, 0.2) is 0 Å². The molecular weight excluding hydrogens is 450 g/mol. The zero-order valence-electron chi connectivity index (χ0n) is 18.1. The summed E-state index contributed by atoms with van der Waals surface area (Å²) in [4.78, 5) is 47.3. The first kappa shape index (κ1) is 20.8. The van der Waals surface area contributed by atoms with Crippen molar-refractivity contribution in [2.24, 2.45) is 5.92 Å². The van der Waals surface area contributed by atoms with Gasteiger partial charge in [0.2, 0.25) is 5.43 Å². The van der Waals surface area contributed by atoms with E-state index in [-0.39, 0.29) is 34.8 Å². The summed E-state index contributed by atoms with van der Waals surface area (Å²) >= 11 is 1.59. The van der Waals surface area contributed by atoms with Gasteiger partial charge in [0, 0.05) is 27.9 Å². The second-order valence-corrected chi connectivity index (χ2v) is 10.0. The number of aliphatic carboxylic acids is 1. The number of rotatable bonds is 6. The normalized spacial score (nSPS) is 19.2. The maximum Gasteiger partial charge on any atom is 0.307 e. The lowest BCUT2D eigenvalue weighted by molar-refractivity contribution is -0.138. The quantitative estimate of drug-likeness (QED) is 0.386. The Morgan fingerprint density at radius 2 is 1.91 bits per heavy atom. The first-order valence-corrected chi connectivity index (χ1v) is 12.1. The van der Waals surface area contributed by atoms with Gasteiger partial charge in [-0.3, -0.25) is 14.4 Å². The number of aromatic amines is 1. The number of carboxylic acid groups (broad SMARTS) is 1. The maximum atomic E-state index is 13.3. The Kier molecular flexibility index (Phi) is 4.84. The van der Waals surface area contributed by atoms with Crippen LogP contribution in [0.25, 0.3) is 32.7 Å². The van der Waals surface area contributed by atoms with E-state index in [2.05, 4.69) is 15.3 Å². The molecule has 2 saturated carbocycles. The summed E-state index contributed by atoms with van der Waals surface area (Å²) in [5.74, 6) is -1.32. The number of H-pyrrole nitrogens is 1. The van der Waals surface area contributed by atoms with Crippen LogP contribution in [0.3, 0.4) is 0 Å². The number of amides is 1. The zero-order valence-corrected chi connectivity index (χ0v) is 18.9. The molecule has 8 heteroatoms. The molecule has 0 unspecified atom stereocenters. The predicted molar refractivity (Wildman–Crippen MR) is 130 cm³/mol. The third-order valence-electron chi connectivity index (χ3n) is 6.45. The average Bonchev–Trinajstić information content (AvgIpc) is 3.77. The first-order valence-electron chi connectivity index (χ1n) is 11.2. The fourth-order valence-corrected chi connectivity index (χ4v) is 5.54. The van der Waals surface area contributed by atoms with Crippen molar-refractivity contribution in [1.29, 1.82) is 0 Å². The van der Waals surface area contributed by atoms with Crippen molar-refractivity contribution in [3.8, 4) is 21.7 Å². The number of nitrogens with zero attached hydrogens (tertiary/aromatic N) is 1. The minimum absolute atomic E-state index is 0.0834. The number of nitrogens with one attached hydrogen (secondary N) is 2. The van der Waals surface area contributed by atoms with Gasteiger partial charge in [-0.1, -0.05) is 18.2 Å². The molecule has 0 spiro atoms. The Balaban J connectivity index is 1.42. The van der Waals surface area contributed by atoms with Crippen LogP contribution in [0.5, 0.6) is 0 Å². The van der Waals surface area contributed by atoms with Gasteiger partial charge in [-0.25, -0.2) is 4.98 Å². The van der Waals surface area contributed by atoms with E-state index in [1.165, 1.54) is 0 Å². The van der Waals surface area contributed by atoms with Gasteiger partial charge in [0.05, 0.1) is 17.0 Å². The summed E-state index contributed by atoms with van der Waals surface area (Å²) in [7, 11) is 0. The highest BCUT2D eigenvalue weighted by molar-refractivity contribution is 7.15. The van der Waals surface area contributed by atoms with Gasteiger partial charge >= 0.3 is 5.97 Å². The molecule has 7 nitrogen and oxygen atoms in total. The van der Waals surface area contributed by atoms with Crippen molar-refractivity contribution in [2.75, 3.05) is 0 Å². The molecule has 0 aliphatic heterocycles. The molecule has 170 valence electrons. The molecule has 4 aromatic rings. The molecule has 2 atom stereocenters. The van der Waals surface area contributed by atoms with Gasteiger partial charge in [0.25, 0.3) is 5.91 Å². The van der Waals surface area contributed by atoms with Crippen molar-refractivity contribution in [1.82, 2.24) is 15.3 Å². The third kappa shape index (κ3) is 3.70. The van der Waals surface area contributed by atoms with Gasteiger partial charge < -0.3 is 15.4 Å². The van der Waals surface area contributed by atoms with Crippen LogP contribution in [0.4, 0.5) is 0 Å². The Hall–Kier alpha value is -3.78. The smallest absolute Gasteiger partial charge is 0.307 e. The molecule has 6 rings (SSSR count). The molecule has 2 aliphatic rings. The molecule has 34 heavy (non-hydrogen) atoms. The summed E-state index contributed by atoms with van der Waals surface area (Å²) in [6.07, 6.45) is 4.14. The van der Waals surface area contributed by atoms with Crippen LogP contribution in [-0.4, -0.2) is 33.0 Å². The van der Waals surface area contributed by atoms with Crippen molar-refractivity contribution in [2.45, 2.75) is 31.2 Å². The van der Waals surface area contributed by atoms with Crippen molar-refractivity contribution >= 4 is 34.2 Å². The van der Waals surface area contributed by atoms with Gasteiger partial charge in [-0.2, -0.15) is 0 Å². The van der Waals surface area contributed by atoms with Gasteiger partial charge in [-0.05, 0) is 60.7 Å². The van der Waals surface area contributed by atoms with E-state index < -0.39 is 5.97 Å². The van der Waals surface area contributed by atoms with E-state index in [4.69, 9.17) is 0 Å². The fraction of sp³-hybridized carbons (Fsp3) is 0.231. The van der Waals surface area contributed by atoms with Crippen LogP contribution in [0, 0.1) is 5.92 Å². The number of pyridine rings is 2. The highest BCUT2D eigenvalue weighted by Crippen LogP contribution is 2.50. The minimum Gasteiger partial charge on any atom is -0.481 e. The monoisotopic (exact) mass is 471 g/mol. The number of benzene rings is 1.